The molecule has 0 aliphatic heterocycles. The zero-order valence-corrected chi connectivity index (χ0v) is 11.9. The van der Waals surface area contributed by atoms with Crippen LogP contribution in [0.1, 0.15) is 0 Å². The van der Waals surface area contributed by atoms with Crippen molar-refractivity contribution in [1.29, 1.82) is 0 Å². The lowest BCUT2D eigenvalue weighted by Crippen LogP contribution is -2.38. The van der Waals surface area contributed by atoms with Crippen LogP contribution in [0.15, 0.2) is 16.3 Å². The zero-order valence-electron chi connectivity index (χ0n) is 7.21. The minimum Gasteiger partial charge on any atom is -0.269 e. The number of thiophene rings is 1. The predicted octanol–water partition coefficient (Wildman–Crippen LogP) is 2.58. The van der Waals surface area contributed by atoms with Gasteiger partial charge in [-0.2, -0.15) is 0 Å². The molecule has 0 aliphatic carbocycles. The predicted molar refractivity (Wildman–Crippen MR) is 64.9 cm³/mol. The smallest absolute Gasteiger partial charge is 0.269 e. The number of halogens is 4. The molecule has 0 fully saturated rings. The van der Waals surface area contributed by atoms with Crippen LogP contribution in [0.3, 0.4) is 0 Å². The van der Waals surface area contributed by atoms with E-state index in [1.165, 1.54) is 12.1 Å². The number of hydrogen-bond donors (Lipinski definition) is 1. The summed E-state index contributed by atoms with van der Waals surface area (Å²) in [5.41, 5.74) is 0. The fraction of sp³-hybridized carbons (Fsp3) is 0.167. The summed E-state index contributed by atoms with van der Waals surface area (Å²) >= 11 is 22.0. The van der Waals surface area contributed by atoms with Gasteiger partial charge in [0.2, 0.25) is 0 Å². The van der Waals surface area contributed by atoms with Gasteiger partial charge in [-0.25, -0.2) is 13.1 Å². The largest absolute Gasteiger partial charge is 0.285 e. The number of rotatable bonds is 2. The molecule has 10 heteroatoms. The average Bonchev–Trinajstić information content (AvgIpc) is 2.49. The summed E-state index contributed by atoms with van der Waals surface area (Å²) in [7, 11) is -4.04. The Morgan fingerprint density at radius 1 is 1.31 bits per heavy atom. The third kappa shape index (κ3) is 3.65. The Bertz CT molecular complexity index is 504. The number of carbonyl (C=O) groups excluding carboxylic acids is 1. The number of hydrogen-bond acceptors (Lipinski definition) is 4. The normalized spacial score (nSPS) is 12.5. The van der Waals surface area contributed by atoms with E-state index in [9.17, 15) is 13.2 Å². The molecule has 0 saturated heterocycles. The van der Waals surface area contributed by atoms with Crippen molar-refractivity contribution in [3.05, 3.63) is 16.5 Å². The van der Waals surface area contributed by atoms with Gasteiger partial charge in [-0.15, -0.1) is 11.3 Å². The summed E-state index contributed by atoms with van der Waals surface area (Å²) in [6.07, 6.45) is 0. The number of carbonyl (C=O) groups is 1. The van der Waals surface area contributed by atoms with E-state index in [0.29, 0.717) is 0 Å². The zero-order chi connectivity index (χ0) is 12.6. The van der Waals surface area contributed by atoms with Crippen molar-refractivity contribution in [2.24, 2.45) is 0 Å². The van der Waals surface area contributed by atoms with Gasteiger partial charge in [0, 0.05) is 0 Å². The Balaban J connectivity index is 2.94. The van der Waals surface area contributed by atoms with E-state index in [4.69, 9.17) is 46.4 Å². The van der Waals surface area contributed by atoms with E-state index in [-0.39, 0.29) is 8.55 Å². The fourth-order valence-electron chi connectivity index (χ4n) is 0.672. The van der Waals surface area contributed by atoms with Crippen molar-refractivity contribution < 1.29 is 13.2 Å². The second-order valence-corrected chi connectivity index (χ2v) is 8.40. The molecule has 1 amide bonds. The van der Waals surface area contributed by atoms with Crippen molar-refractivity contribution in [3.63, 3.8) is 0 Å². The monoisotopic (exact) mass is 341 g/mol. The molecule has 0 saturated carbocycles. The van der Waals surface area contributed by atoms with Crippen LogP contribution in [-0.4, -0.2) is 18.1 Å². The second-order valence-electron chi connectivity index (χ2n) is 2.49. The van der Waals surface area contributed by atoms with Crippen LogP contribution in [0, 0.1) is 0 Å². The molecule has 1 rings (SSSR count). The lowest BCUT2D eigenvalue weighted by atomic mass is 10.7. The highest BCUT2D eigenvalue weighted by molar-refractivity contribution is 7.92. The maximum absolute atomic E-state index is 11.5. The van der Waals surface area contributed by atoms with Crippen LogP contribution >= 0.6 is 57.7 Å². The molecule has 1 aromatic rings. The Hall–Kier alpha value is 0.280. The van der Waals surface area contributed by atoms with Gasteiger partial charge < -0.3 is 0 Å². The topological polar surface area (TPSA) is 63.2 Å². The highest BCUT2D eigenvalue weighted by atomic mass is 35.6. The van der Waals surface area contributed by atoms with E-state index in [0.717, 1.165) is 11.3 Å². The van der Waals surface area contributed by atoms with Crippen LogP contribution < -0.4 is 4.72 Å². The summed E-state index contributed by atoms with van der Waals surface area (Å²) in [5.74, 6) is -1.25. The highest BCUT2D eigenvalue weighted by Gasteiger charge is 2.34. The van der Waals surface area contributed by atoms with Gasteiger partial charge in [0.05, 0.1) is 4.34 Å². The third-order valence-electron chi connectivity index (χ3n) is 1.30. The second kappa shape index (κ2) is 4.88. The van der Waals surface area contributed by atoms with Gasteiger partial charge in [-0.05, 0) is 12.1 Å². The summed E-state index contributed by atoms with van der Waals surface area (Å²) in [6.45, 7) is 0. The molecule has 0 aromatic carbocycles. The first-order valence-corrected chi connectivity index (χ1v) is 7.33. The van der Waals surface area contributed by atoms with Gasteiger partial charge >= 0.3 is 0 Å². The van der Waals surface area contributed by atoms with Crippen molar-refractivity contribution in [2.45, 2.75) is 8.00 Å². The first-order valence-electron chi connectivity index (χ1n) is 3.52. The lowest BCUT2D eigenvalue weighted by molar-refractivity contribution is -0.118. The first-order chi connectivity index (χ1) is 7.13. The molecule has 1 aromatic heterocycles. The molecule has 1 N–H and O–H groups in total. The minimum absolute atomic E-state index is 0.139. The van der Waals surface area contributed by atoms with Crippen LogP contribution in [-0.2, 0) is 14.8 Å². The summed E-state index contributed by atoms with van der Waals surface area (Å²) in [5, 5.41) is 0. The van der Waals surface area contributed by atoms with E-state index in [1.54, 1.807) is 4.72 Å². The molecule has 90 valence electrons. The van der Waals surface area contributed by atoms with Crippen LogP contribution in [0.2, 0.25) is 4.34 Å². The SMILES string of the molecule is O=C(NS(=O)(=O)c1ccc(Cl)s1)C(Cl)(Cl)Cl. The molecular weight excluding hydrogens is 340 g/mol. The van der Waals surface area contributed by atoms with E-state index in [2.05, 4.69) is 0 Å². The van der Waals surface area contributed by atoms with Crippen LogP contribution in [0.5, 0.6) is 0 Å². The quantitative estimate of drug-likeness (QED) is 0.840. The molecule has 0 bridgehead atoms. The molecule has 1 heterocycles. The number of alkyl halides is 3. The third-order valence-corrected chi connectivity index (χ3v) is 4.87. The first kappa shape index (κ1) is 14.3. The Labute approximate surface area is 115 Å². The molecule has 0 aliphatic rings. The number of sulfonamides is 1. The Morgan fingerprint density at radius 3 is 2.25 bits per heavy atom. The van der Waals surface area contributed by atoms with Crippen molar-refractivity contribution >= 4 is 73.7 Å². The molecular formula is C6H3Cl4NO3S2. The van der Waals surface area contributed by atoms with E-state index in [1.807, 2.05) is 0 Å². The minimum atomic E-state index is -4.04. The van der Waals surface area contributed by atoms with E-state index < -0.39 is 19.7 Å². The number of amides is 1. The molecule has 16 heavy (non-hydrogen) atoms. The molecule has 0 atom stereocenters. The number of nitrogens with one attached hydrogen (secondary N) is 1. The maximum Gasteiger partial charge on any atom is 0.285 e. The molecule has 0 unspecified atom stereocenters. The fourth-order valence-corrected chi connectivity index (χ4v) is 3.47. The Kier molecular flexibility index (Phi) is 4.37. The molecule has 0 spiro atoms. The van der Waals surface area contributed by atoms with Gasteiger partial charge in [0.15, 0.2) is 0 Å². The molecule has 4 nitrogen and oxygen atoms in total. The van der Waals surface area contributed by atoms with Crippen molar-refractivity contribution in [2.75, 3.05) is 0 Å². The maximum atomic E-state index is 11.5. The molecule has 0 radical (unpaired) electrons. The Morgan fingerprint density at radius 2 is 1.88 bits per heavy atom. The summed E-state index contributed by atoms with van der Waals surface area (Å²) in [4.78, 5) is 11.1. The standard InChI is InChI=1S/C6H3Cl4NO3S2/c7-3-1-2-4(15-3)16(13,14)11-5(12)6(8,9)10/h1-2H,(H,11,12). The van der Waals surface area contributed by atoms with Crippen molar-refractivity contribution in [3.8, 4) is 0 Å². The van der Waals surface area contributed by atoms with Gasteiger partial charge in [0.25, 0.3) is 19.7 Å². The van der Waals surface area contributed by atoms with Gasteiger partial charge in [-0.3, -0.25) is 4.79 Å². The van der Waals surface area contributed by atoms with Crippen molar-refractivity contribution in [1.82, 2.24) is 4.72 Å². The lowest BCUT2D eigenvalue weighted by Gasteiger charge is -2.10. The van der Waals surface area contributed by atoms with E-state index >= 15 is 0 Å². The van der Waals surface area contributed by atoms with Gasteiger partial charge in [-0.1, -0.05) is 46.4 Å². The average molecular weight is 343 g/mol. The van der Waals surface area contributed by atoms with Crippen LogP contribution in [0.25, 0.3) is 0 Å². The summed E-state index contributed by atoms with van der Waals surface area (Å²) < 4.78 is 22.5. The summed E-state index contributed by atoms with van der Waals surface area (Å²) in [6, 6.07) is 2.61. The van der Waals surface area contributed by atoms with Crippen LogP contribution in [0.4, 0.5) is 0 Å². The highest BCUT2D eigenvalue weighted by Crippen LogP contribution is 2.29. The van der Waals surface area contributed by atoms with Gasteiger partial charge in [0.1, 0.15) is 4.21 Å².